The van der Waals surface area contributed by atoms with Gasteiger partial charge in [0.1, 0.15) is 0 Å². The van der Waals surface area contributed by atoms with Crippen molar-refractivity contribution in [1.82, 2.24) is 0 Å². The standard InChI is InChI=1S/C10H21NS/c1-6-7-9(4,11)10(5,12)8(2)3/h12H,2,6-7,11H2,1,3-5H3. The van der Waals surface area contributed by atoms with Crippen LogP contribution < -0.4 is 5.73 Å². The summed E-state index contributed by atoms with van der Waals surface area (Å²) in [6, 6.07) is 0. The van der Waals surface area contributed by atoms with E-state index in [1.807, 2.05) is 20.8 Å². The van der Waals surface area contributed by atoms with Crippen LogP contribution in [0.15, 0.2) is 12.2 Å². The lowest BCUT2D eigenvalue weighted by molar-refractivity contribution is 0.362. The number of rotatable bonds is 4. The average Bonchev–Trinajstić information content (AvgIpc) is 1.86. The lowest BCUT2D eigenvalue weighted by atomic mass is 9.79. The second kappa shape index (κ2) is 3.84. The van der Waals surface area contributed by atoms with E-state index in [1.54, 1.807) is 0 Å². The molecule has 0 aromatic heterocycles. The Labute approximate surface area is 81.8 Å². The van der Waals surface area contributed by atoms with E-state index in [1.165, 1.54) is 0 Å². The fourth-order valence-electron chi connectivity index (χ4n) is 1.25. The van der Waals surface area contributed by atoms with Gasteiger partial charge in [-0.1, -0.05) is 25.5 Å². The molecule has 0 rings (SSSR count). The highest BCUT2D eigenvalue weighted by Gasteiger charge is 2.38. The molecule has 2 heteroatoms. The minimum Gasteiger partial charge on any atom is -0.324 e. The molecule has 0 fully saturated rings. The SMILES string of the molecule is C=C(C)C(C)(S)C(C)(N)CCC. The molecule has 2 N–H and O–H groups in total. The summed E-state index contributed by atoms with van der Waals surface area (Å²) in [5, 5.41) is 0. The first-order valence-electron chi connectivity index (χ1n) is 4.43. The second-order valence-corrected chi connectivity index (χ2v) is 4.91. The molecule has 0 bridgehead atoms. The van der Waals surface area contributed by atoms with Crippen LogP contribution in [0, 0.1) is 0 Å². The topological polar surface area (TPSA) is 26.0 Å². The van der Waals surface area contributed by atoms with E-state index in [9.17, 15) is 0 Å². The van der Waals surface area contributed by atoms with Gasteiger partial charge in [0.25, 0.3) is 0 Å². The molecule has 0 aromatic rings. The largest absolute Gasteiger partial charge is 0.324 e. The van der Waals surface area contributed by atoms with Crippen LogP contribution in [0.3, 0.4) is 0 Å². The first-order valence-corrected chi connectivity index (χ1v) is 4.87. The molecular weight excluding hydrogens is 166 g/mol. The van der Waals surface area contributed by atoms with Gasteiger partial charge in [0.05, 0.1) is 0 Å². The van der Waals surface area contributed by atoms with Crippen molar-refractivity contribution in [2.24, 2.45) is 5.73 Å². The Bertz CT molecular complexity index is 171. The van der Waals surface area contributed by atoms with Crippen molar-refractivity contribution >= 4 is 12.6 Å². The summed E-state index contributed by atoms with van der Waals surface area (Å²) in [6.45, 7) is 12.1. The quantitative estimate of drug-likeness (QED) is 0.514. The lowest BCUT2D eigenvalue weighted by Crippen LogP contribution is -2.53. The summed E-state index contributed by atoms with van der Waals surface area (Å²) in [4.78, 5) is 0. The van der Waals surface area contributed by atoms with Gasteiger partial charge in [0.15, 0.2) is 0 Å². The highest BCUT2D eigenvalue weighted by molar-refractivity contribution is 7.82. The molecule has 0 aliphatic rings. The van der Waals surface area contributed by atoms with Crippen LogP contribution in [0.1, 0.15) is 40.5 Å². The molecule has 0 aliphatic heterocycles. The van der Waals surface area contributed by atoms with Gasteiger partial charge in [0, 0.05) is 10.3 Å². The van der Waals surface area contributed by atoms with Gasteiger partial charge in [-0.05, 0) is 27.2 Å². The second-order valence-electron chi connectivity index (χ2n) is 4.02. The Kier molecular flexibility index (Phi) is 3.86. The van der Waals surface area contributed by atoms with Crippen LogP contribution in [0.4, 0.5) is 0 Å². The van der Waals surface area contributed by atoms with Crippen molar-refractivity contribution in [2.45, 2.75) is 50.8 Å². The maximum atomic E-state index is 6.17. The van der Waals surface area contributed by atoms with Gasteiger partial charge in [-0.3, -0.25) is 0 Å². The molecule has 0 amide bonds. The summed E-state index contributed by atoms with van der Waals surface area (Å²) < 4.78 is -0.275. The highest BCUT2D eigenvalue weighted by Crippen LogP contribution is 2.35. The molecule has 0 radical (unpaired) electrons. The summed E-state index contributed by atoms with van der Waals surface area (Å²) in [6.07, 6.45) is 2.05. The molecule has 0 aliphatic carbocycles. The molecule has 1 nitrogen and oxygen atoms in total. The van der Waals surface area contributed by atoms with E-state index in [4.69, 9.17) is 5.73 Å². The zero-order valence-electron chi connectivity index (χ0n) is 8.65. The van der Waals surface area contributed by atoms with Crippen molar-refractivity contribution in [3.05, 3.63) is 12.2 Å². The fraction of sp³-hybridized carbons (Fsp3) is 0.800. The van der Waals surface area contributed by atoms with Crippen LogP contribution in [-0.2, 0) is 0 Å². The van der Waals surface area contributed by atoms with Crippen molar-refractivity contribution < 1.29 is 0 Å². The number of nitrogens with two attached hydrogens (primary N) is 1. The average molecular weight is 187 g/mol. The van der Waals surface area contributed by atoms with Crippen molar-refractivity contribution in [2.75, 3.05) is 0 Å². The van der Waals surface area contributed by atoms with Gasteiger partial charge in [0.2, 0.25) is 0 Å². The van der Waals surface area contributed by atoms with Crippen molar-refractivity contribution in [1.29, 1.82) is 0 Å². The first kappa shape index (κ1) is 12.0. The summed E-state index contributed by atoms with van der Waals surface area (Å²) >= 11 is 4.57. The summed E-state index contributed by atoms with van der Waals surface area (Å²) in [7, 11) is 0. The molecule has 0 aromatic carbocycles. The van der Waals surface area contributed by atoms with Gasteiger partial charge in [-0.2, -0.15) is 12.6 Å². The van der Waals surface area contributed by atoms with Crippen molar-refractivity contribution in [3.63, 3.8) is 0 Å². The Morgan fingerprint density at radius 3 is 2.17 bits per heavy atom. The van der Waals surface area contributed by atoms with E-state index in [0.717, 1.165) is 18.4 Å². The molecule has 72 valence electrons. The van der Waals surface area contributed by atoms with E-state index >= 15 is 0 Å². The molecule has 12 heavy (non-hydrogen) atoms. The molecule has 2 atom stereocenters. The zero-order chi connectivity index (χ0) is 9.99. The number of hydrogen-bond donors (Lipinski definition) is 2. The van der Waals surface area contributed by atoms with Gasteiger partial charge in [-0.25, -0.2) is 0 Å². The minimum atomic E-state index is -0.275. The van der Waals surface area contributed by atoms with Gasteiger partial charge >= 0.3 is 0 Å². The minimum absolute atomic E-state index is 0.267. The van der Waals surface area contributed by atoms with Gasteiger partial charge in [-0.15, -0.1) is 0 Å². The third-order valence-electron chi connectivity index (χ3n) is 2.71. The Morgan fingerprint density at radius 1 is 1.50 bits per heavy atom. The maximum Gasteiger partial charge on any atom is 0.0481 e. The number of thiol groups is 1. The molecular formula is C10H21NS. The lowest BCUT2D eigenvalue weighted by Gasteiger charge is -2.41. The monoisotopic (exact) mass is 187 g/mol. The molecule has 2 unspecified atom stereocenters. The predicted molar refractivity (Wildman–Crippen MR) is 59.7 cm³/mol. The van der Waals surface area contributed by atoms with E-state index in [-0.39, 0.29) is 10.3 Å². The summed E-state index contributed by atoms with van der Waals surface area (Å²) in [5.41, 5.74) is 6.93. The fourth-order valence-corrected chi connectivity index (χ4v) is 1.36. The smallest absolute Gasteiger partial charge is 0.0481 e. The molecule has 0 saturated carbocycles. The van der Waals surface area contributed by atoms with E-state index < -0.39 is 0 Å². The maximum absolute atomic E-state index is 6.17. The normalized spacial score (nSPS) is 21.2. The van der Waals surface area contributed by atoms with Crippen molar-refractivity contribution in [3.8, 4) is 0 Å². The van der Waals surface area contributed by atoms with Gasteiger partial charge < -0.3 is 5.73 Å². The summed E-state index contributed by atoms with van der Waals surface area (Å²) in [5.74, 6) is 0. The van der Waals surface area contributed by atoms with E-state index in [2.05, 4.69) is 26.1 Å². The molecule has 0 heterocycles. The van der Waals surface area contributed by atoms with Crippen LogP contribution >= 0.6 is 12.6 Å². The Hall–Kier alpha value is 0.0500. The Morgan fingerprint density at radius 2 is 1.92 bits per heavy atom. The van der Waals surface area contributed by atoms with Crippen LogP contribution in [0.5, 0.6) is 0 Å². The van der Waals surface area contributed by atoms with E-state index in [0.29, 0.717) is 0 Å². The third kappa shape index (κ3) is 2.27. The predicted octanol–water partition coefficient (Wildman–Crippen LogP) is 2.77. The Balaban J connectivity index is 4.62. The van der Waals surface area contributed by atoms with Crippen LogP contribution in [0.2, 0.25) is 0 Å². The van der Waals surface area contributed by atoms with Crippen LogP contribution in [0.25, 0.3) is 0 Å². The molecule has 0 spiro atoms. The highest BCUT2D eigenvalue weighted by atomic mass is 32.1. The molecule has 0 saturated heterocycles. The van der Waals surface area contributed by atoms with Crippen LogP contribution in [-0.4, -0.2) is 10.3 Å². The number of hydrogen-bond acceptors (Lipinski definition) is 2. The zero-order valence-corrected chi connectivity index (χ0v) is 9.54. The third-order valence-corrected chi connectivity index (χ3v) is 3.60. The first-order chi connectivity index (χ1) is 5.25.